The van der Waals surface area contributed by atoms with Crippen molar-refractivity contribution in [1.29, 1.82) is 0 Å². The van der Waals surface area contributed by atoms with Crippen molar-refractivity contribution in [2.24, 2.45) is 5.92 Å². The van der Waals surface area contributed by atoms with E-state index in [1.807, 2.05) is 150 Å². The molecule has 4 saturated heterocycles. The number of aliphatic hydroxyl groups excluding tert-OH is 1. The van der Waals surface area contributed by atoms with Crippen LogP contribution in [0, 0.1) is 5.92 Å². The number of methoxy groups -OCH3 is 4. The summed E-state index contributed by atoms with van der Waals surface area (Å²) in [7, 11) is -3.59. The number of hydrogen-bond donors (Lipinski definition) is 10. The number of aliphatic hydroxyl groups is 1. The molecule has 8 aromatic carbocycles. The third-order valence-corrected chi connectivity index (χ3v) is 32.4. The normalized spacial score (nSPS) is 14.3. The van der Waals surface area contributed by atoms with Crippen molar-refractivity contribution < 1.29 is 56.6 Å². The summed E-state index contributed by atoms with van der Waals surface area (Å²) >= 11 is 25.5. The van der Waals surface area contributed by atoms with Gasteiger partial charge in [0, 0.05) is 173 Å². The van der Waals surface area contributed by atoms with E-state index in [0.717, 1.165) is 148 Å². The Kier molecular flexibility index (Phi) is 38.0. The number of pyridine rings is 1. The van der Waals surface area contributed by atoms with Crippen molar-refractivity contribution in [2.45, 2.75) is 64.5 Å². The van der Waals surface area contributed by atoms with E-state index in [4.69, 9.17) is 70.1 Å². The molecule has 0 saturated carbocycles. The molecule has 780 valence electrons. The fraction of sp³-hybridized carbons (Fsp3) is 0.324. The molecule has 0 unspecified atom stereocenters. The molecule has 4 fully saturated rings. The lowest BCUT2D eigenvalue weighted by Gasteiger charge is -2.43. The van der Waals surface area contributed by atoms with Crippen LogP contribution in [0.25, 0.3) is 0 Å². The number of benzene rings is 8. The summed E-state index contributed by atoms with van der Waals surface area (Å²) in [6.45, 7) is 26.3. The van der Waals surface area contributed by atoms with Gasteiger partial charge < -0.3 is 115 Å². The van der Waals surface area contributed by atoms with E-state index in [1.165, 1.54) is 24.8 Å². The molecular formula is C105H125Cl4N23O12P4. The van der Waals surface area contributed by atoms with Crippen LogP contribution in [0.3, 0.4) is 0 Å². The van der Waals surface area contributed by atoms with Crippen LogP contribution in [0.15, 0.2) is 219 Å². The maximum absolute atomic E-state index is 12.8. The van der Waals surface area contributed by atoms with Crippen LogP contribution in [0.5, 0.6) is 34.5 Å². The van der Waals surface area contributed by atoms with Gasteiger partial charge in [-0.2, -0.15) is 19.9 Å². The predicted octanol–water partition coefficient (Wildman–Crippen LogP) is 21.1. The van der Waals surface area contributed by atoms with Gasteiger partial charge in [0.1, 0.15) is 83.2 Å². The van der Waals surface area contributed by atoms with Gasteiger partial charge in [-0.25, -0.2) is 19.9 Å². The number of piperidine rings is 3. The zero-order valence-electron chi connectivity index (χ0n) is 85.0. The van der Waals surface area contributed by atoms with E-state index in [1.54, 1.807) is 138 Å². The van der Waals surface area contributed by atoms with Crippen LogP contribution in [0.2, 0.25) is 20.1 Å². The third-order valence-electron chi connectivity index (χ3n) is 25.1. The number of anilines is 19. The molecule has 5 aromatic heterocycles. The van der Waals surface area contributed by atoms with Crippen molar-refractivity contribution in [3.05, 3.63) is 239 Å². The first-order chi connectivity index (χ1) is 70.9. The van der Waals surface area contributed by atoms with Crippen LogP contribution in [-0.2, 0) is 27.8 Å². The first-order valence-electron chi connectivity index (χ1n) is 48.1. The SMILES string of the molecule is COc1cc(N2CCC(CO)CC2)ccc1Nc1ncc(Cl)c(Nc2ccccc2P(C)(C)=O)n1.COc1cc(N2CCC(N3CCN(C(C)=O)CC3)CC2)ccc1Nc1ncc(Cl)c(Nc2ccccc2P(C)(C)=O)n1.COc1cc(N2CCC(NC(C)=O)CC2)ccc1Nc1ncc(Cl)c(Nc2ccccc2P(C)(C)=O)n1.COc1cc(Oc2ccncc2)ccc1Nc1ncc(Cl)c(Nc2ccccc2P(C)(C)=O)n1. The Bertz CT molecular complexity index is 7010. The van der Waals surface area contributed by atoms with E-state index < -0.39 is 28.6 Å². The molecule has 148 heavy (non-hydrogen) atoms. The van der Waals surface area contributed by atoms with Crippen molar-refractivity contribution in [3.8, 4) is 34.5 Å². The lowest BCUT2D eigenvalue weighted by Crippen LogP contribution is -2.54. The zero-order valence-corrected chi connectivity index (χ0v) is 91.6. The number of carbonyl (C=O) groups excluding carboxylic acids is 2. The largest absolute Gasteiger partial charge is 0.494 e. The van der Waals surface area contributed by atoms with Gasteiger partial charge in [-0.05, 0) is 207 Å². The Morgan fingerprint density at radius 1 is 0.365 bits per heavy atom. The van der Waals surface area contributed by atoms with Gasteiger partial charge in [-0.15, -0.1) is 0 Å². The second-order valence-electron chi connectivity index (χ2n) is 37.2. The van der Waals surface area contributed by atoms with Crippen LogP contribution < -0.4 is 107 Å². The van der Waals surface area contributed by atoms with E-state index in [-0.39, 0.29) is 24.5 Å². The molecule has 2 amide bonds. The second-order valence-corrected chi connectivity index (χ2v) is 51.5. The number of para-hydroxylation sites is 4. The van der Waals surface area contributed by atoms with E-state index in [2.05, 4.69) is 118 Å². The number of ether oxygens (including phenoxy) is 5. The predicted molar refractivity (Wildman–Crippen MR) is 603 cm³/mol. The molecule has 0 spiro atoms. The number of nitrogens with one attached hydrogen (secondary N) is 9. The fourth-order valence-corrected chi connectivity index (χ4v) is 22.6. The van der Waals surface area contributed by atoms with Crippen LogP contribution in [0.1, 0.15) is 52.4 Å². The standard InChI is InChI=1S/C30H39ClN7O3P.C26H32ClN6O3P.C25H31ClN5O3P.C24H23ClN5O3P/c1-21(39)36-15-17-38(18-16-36)22-11-13-37(14-12-22)23-9-10-25(27(19-23)41-2)34-30-32-20-24(31)29(35-30)33-26-7-5-6-8-28(26)42(3,4)40;1-17(34)29-18-11-13-33(14-12-18)19-9-10-21(23(15-19)36-2)31-26-28-16-20(27)25(32-26)30-22-7-5-6-8-24(22)37(3,4)35;1-34-22-14-18(31-12-10-17(16-32)11-13-31)8-9-20(22)29-25-27-15-19(26)24(30-25)28-21-6-4-5-7-23(21)35(2,3)33;1-32-21-14-17(33-16-10-12-26-13-11-16)8-9-19(21)29-24-27-15-18(25)23(30-24)28-20-6-4-5-7-22(20)34(2,3)31/h5-10,19-20,22H,11-18H2,1-4H3,(H2,32,33,34,35);5-10,15-16,18H,11-14H2,1-4H3,(H,29,34)(H2,28,30,31,32);4-9,14-15,17,32H,10-13,16H2,1-3H3,(H2,27,28,29,30);4-15H,1-3H3,(H2,27,28,29,30). The smallest absolute Gasteiger partial charge is 0.229 e. The molecule has 0 bridgehead atoms. The first kappa shape index (κ1) is 111. The molecule has 0 aliphatic carbocycles. The minimum Gasteiger partial charge on any atom is -0.494 e. The highest BCUT2D eigenvalue weighted by atomic mass is 35.5. The lowest BCUT2D eigenvalue weighted by molar-refractivity contribution is -0.131. The Hall–Kier alpha value is -13.0. The Balaban J connectivity index is 0.000000156. The Labute approximate surface area is 883 Å². The third kappa shape index (κ3) is 30.2. The van der Waals surface area contributed by atoms with Gasteiger partial charge in [-0.1, -0.05) is 94.9 Å². The molecule has 9 heterocycles. The summed E-state index contributed by atoms with van der Waals surface area (Å²) < 4.78 is 79.3. The number of aromatic nitrogens is 9. The maximum Gasteiger partial charge on any atom is 0.229 e. The number of rotatable bonds is 32. The summed E-state index contributed by atoms with van der Waals surface area (Å²) in [6.07, 6.45) is 15.3. The number of carbonyl (C=O) groups is 2. The van der Waals surface area contributed by atoms with E-state index in [0.29, 0.717) is 153 Å². The summed E-state index contributed by atoms with van der Waals surface area (Å²) in [5, 5.41) is 42.3. The maximum atomic E-state index is 12.8. The quantitative estimate of drug-likeness (QED) is 0.0175. The fourth-order valence-electron chi connectivity index (χ4n) is 17.4. The highest BCUT2D eigenvalue weighted by Crippen LogP contribution is 2.46. The monoisotopic (exact) mass is 2160 g/mol. The molecule has 43 heteroatoms. The Morgan fingerprint density at radius 3 is 0.973 bits per heavy atom. The van der Waals surface area contributed by atoms with Crippen LogP contribution >= 0.6 is 75.0 Å². The van der Waals surface area contributed by atoms with Gasteiger partial charge in [0.15, 0.2) is 23.3 Å². The van der Waals surface area contributed by atoms with Crippen molar-refractivity contribution in [2.75, 3.05) is 211 Å². The van der Waals surface area contributed by atoms with Crippen LogP contribution in [-0.4, -0.2) is 237 Å². The van der Waals surface area contributed by atoms with Gasteiger partial charge >= 0.3 is 0 Å². The molecule has 0 radical (unpaired) electrons. The van der Waals surface area contributed by atoms with Crippen molar-refractivity contribution in [1.82, 2.24) is 60.0 Å². The van der Waals surface area contributed by atoms with E-state index >= 15 is 0 Å². The summed E-state index contributed by atoms with van der Waals surface area (Å²) in [5.41, 5.74) is 8.79. The lowest BCUT2D eigenvalue weighted by atomic mass is 9.97. The molecular weight excluding hydrogens is 2040 g/mol. The minimum absolute atomic E-state index is 0.0123. The van der Waals surface area contributed by atoms with Gasteiger partial charge in [0.25, 0.3) is 0 Å². The van der Waals surface area contributed by atoms with Gasteiger partial charge in [0.05, 0.1) is 98.7 Å². The molecule has 0 atom stereocenters. The molecule has 13 aromatic rings. The number of halogens is 4. The number of nitrogens with zero attached hydrogens (tertiary/aromatic N) is 14. The summed E-state index contributed by atoms with van der Waals surface area (Å²) in [4.78, 5) is 73.9. The topological polar surface area (TPSA) is 409 Å². The number of piperazine rings is 1. The molecule has 10 N–H and O–H groups in total. The molecule has 4 aliphatic heterocycles. The summed E-state index contributed by atoms with van der Waals surface area (Å²) in [5.74, 6) is 7.34. The summed E-state index contributed by atoms with van der Waals surface area (Å²) in [6, 6.07) is 57.3. The molecule has 17 rings (SSSR count). The van der Waals surface area contributed by atoms with Crippen LogP contribution in [0.4, 0.5) is 110 Å². The zero-order chi connectivity index (χ0) is 106. The van der Waals surface area contributed by atoms with Gasteiger partial charge in [0.2, 0.25) is 35.6 Å². The molecule has 4 aliphatic rings. The van der Waals surface area contributed by atoms with Gasteiger partial charge in [-0.3, -0.25) is 19.5 Å². The number of hydrogen-bond acceptors (Lipinski definition) is 33. The van der Waals surface area contributed by atoms with Crippen molar-refractivity contribution in [3.63, 3.8) is 0 Å². The van der Waals surface area contributed by atoms with E-state index in [9.17, 15) is 33.0 Å². The highest BCUT2D eigenvalue weighted by Gasteiger charge is 2.32. The number of amides is 2. The van der Waals surface area contributed by atoms with Crippen molar-refractivity contribution >= 4 is 218 Å². The first-order valence-corrected chi connectivity index (χ1v) is 60.1. The highest BCUT2D eigenvalue weighted by molar-refractivity contribution is 7.71. The minimum atomic E-state index is -2.52. The average Bonchev–Trinajstić information content (AvgIpc) is 0.836. The Morgan fingerprint density at radius 2 is 0.669 bits per heavy atom. The second kappa shape index (κ2) is 50.8. The average molecular weight is 2170 g/mol. The molecule has 35 nitrogen and oxygen atoms in total.